The molecule has 0 saturated heterocycles. The van der Waals surface area contributed by atoms with E-state index in [9.17, 15) is 9.90 Å². The lowest BCUT2D eigenvalue weighted by Gasteiger charge is -2.23. The quantitative estimate of drug-likeness (QED) is 0.743. The van der Waals surface area contributed by atoms with Gasteiger partial charge in [0.25, 0.3) is 0 Å². The monoisotopic (exact) mass is 211 g/mol. The zero-order valence-electron chi connectivity index (χ0n) is 9.65. The second-order valence-electron chi connectivity index (χ2n) is 5.25. The number of aliphatic hydroxyl groups excluding tert-OH is 1. The largest absolute Gasteiger partial charge is 0.391 e. The van der Waals surface area contributed by atoms with E-state index in [-0.39, 0.29) is 17.9 Å². The van der Waals surface area contributed by atoms with Gasteiger partial charge in [0.05, 0.1) is 6.10 Å². The molecular formula is C12H21NO2. The average molecular weight is 211 g/mol. The van der Waals surface area contributed by atoms with Crippen molar-refractivity contribution in [3.63, 3.8) is 0 Å². The van der Waals surface area contributed by atoms with E-state index in [0.29, 0.717) is 18.4 Å². The van der Waals surface area contributed by atoms with Crippen molar-refractivity contribution in [1.82, 2.24) is 4.90 Å². The van der Waals surface area contributed by atoms with Crippen molar-refractivity contribution in [2.24, 2.45) is 17.8 Å². The number of nitrogens with zero attached hydrogens (tertiary/aromatic N) is 1. The maximum atomic E-state index is 11.9. The van der Waals surface area contributed by atoms with Crippen LogP contribution in [-0.4, -0.2) is 35.6 Å². The van der Waals surface area contributed by atoms with Gasteiger partial charge in [-0.15, -0.1) is 0 Å². The number of aliphatic hydroxyl groups is 1. The number of likely N-dealkylation sites (N-methyl/N-ethyl adjacent to an activating group) is 1. The molecule has 86 valence electrons. The van der Waals surface area contributed by atoms with Crippen LogP contribution in [0, 0.1) is 17.8 Å². The van der Waals surface area contributed by atoms with E-state index in [1.165, 1.54) is 12.8 Å². The number of amides is 1. The van der Waals surface area contributed by atoms with Crippen molar-refractivity contribution >= 4 is 5.91 Å². The molecule has 3 nitrogen and oxygen atoms in total. The molecule has 0 heterocycles. The fraction of sp³-hybridized carbons (Fsp3) is 0.917. The maximum Gasteiger partial charge on any atom is 0.225 e. The highest BCUT2D eigenvalue weighted by molar-refractivity contribution is 5.78. The molecular weight excluding hydrogens is 190 g/mol. The van der Waals surface area contributed by atoms with E-state index in [2.05, 4.69) is 0 Å². The molecule has 0 aromatic heterocycles. The zero-order chi connectivity index (χ0) is 11.0. The third-order valence-electron chi connectivity index (χ3n) is 3.72. The molecule has 0 aliphatic heterocycles. The van der Waals surface area contributed by atoms with Gasteiger partial charge in [-0.05, 0) is 37.5 Å². The molecule has 0 radical (unpaired) electrons. The summed E-state index contributed by atoms with van der Waals surface area (Å²) in [4.78, 5) is 13.6. The van der Waals surface area contributed by atoms with Crippen LogP contribution in [0.4, 0.5) is 0 Å². The van der Waals surface area contributed by atoms with Crippen molar-refractivity contribution in [1.29, 1.82) is 0 Å². The van der Waals surface area contributed by atoms with Crippen LogP contribution in [0.5, 0.6) is 0 Å². The Morgan fingerprint density at radius 2 is 1.87 bits per heavy atom. The van der Waals surface area contributed by atoms with Crippen molar-refractivity contribution in [3.8, 4) is 0 Å². The molecule has 2 aliphatic carbocycles. The Hall–Kier alpha value is -0.570. The molecule has 2 rings (SSSR count). The second-order valence-corrected chi connectivity index (χ2v) is 5.25. The Labute approximate surface area is 91.5 Å². The third-order valence-corrected chi connectivity index (χ3v) is 3.72. The molecule has 1 N–H and O–H groups in total. The summed E-state index contributed by atoms with van der Waals surface area (Å²) in [6, 6.07) is 0. The van der Waals surface area contributed by atoms with E-state index in [1.807, 2.05) is 14.0 Å². The van der Waals surface area contributed by atoms with Crippen LogP contribution in [-0.2, 0) is 4.79 Å². The van der Waals surface area contributed by atoms with Crippen molar-refractivity contribution < 1.29 is 9.90 Å². The minimum atomic E-state index is -0.301. The summed E-state index contributed by atoms with van der Waals surface area (Å²) in [5, 5.41) is 9.75. The Balaban J connectivity index is 1.77. The first-order chi connectivity index (χ1) is 7.09. The van der Waals surface area contributed by atoms with Gasteiger partial charge in [0.15, 0.2) is 0 Å². The Morgan fingerprint density at radius 1 is 1.33 bits per heavy atom. The highest BCUT2D eigenvalue weighted by Gasteiger charge is 2.36. The lowest BCUT2D eigenvalue weighted by atomic mass is 10.0. The van der Waals surface area contributed by atoms with Gasteiger partial charge in [0.2, 0.25) is 5.91 Å². The second kappa shape index (κ2) is 4.12. The molecule has 2 atom stereocenters. The van der Waals surface area contributed by atoms with E-state index in [0.717, 1.165) is 12.8 Å². The summed E-state index contributed by atoms with van der Waals surface area (Å²) < 4.78 is 0. The maximum absolute atomic E-state index is 11.9. The normalized spacial score (nSPS) is 24.7. The molecule has 15 heavy (non-hydrogen) atoms. The van der Waals surface area contributed by atoms with Crippen LogP contribution in [0.2, 0.25) is 0 Å². The smallest absolute Gasteiger partial charge is 0.225 e. The van der Waals surface area contributed by atoms with Gasteiger partial charge in [-0.25, -0.2) is 0 Å². The van der Waals surface area contributed by atoms with Crippen LogP contribution in [0.3, 0.4) is 0 Å². The molecule has 3 heteroatoms. The third kappa shape index (κ3) is 2.71. The fourth-order valence-corrected chi connectivity index (χ4v) is 2.15. The van der Waals surface area contributed by atoms with Crippen LogP contribution in [0.1, 0.15) is 32.6 Å². The molecule has 0 bridgehead atoms. The lowest BCUT2D eigenvalue weighted by Crippen LogP contribution is -2.38. The first kappa shape index (κ1) is 10.9. The first-order valence-electron chi connectivity index (χ1n) is 6.02. The number of carbonyl (C=O) groups excluding carboxylic acids is 1. The fourth-order valence-electron chi connectivity index (χ4n) is 2.15. The van der Waals surface area contributed by atoms with Crippen LogP contribution in [0.15, 0.2) is 0 Å². The Kier molecular flexibility index (Phi) is 3.01. The average Bonchev–Trinajstić information content (AvgIpc) is 3.07. The first-order valence-corrected chi connectivity index (χ1v) is 6.02. The summed E-state index contributed by atoms with van der Waals surface area (Å²) in [6.45, 7) is 2.53. The topological polar surface area (TPSA) is 40.5 Å². The summed E-state index contributed by atoms with van der Waals surface area (Å²) >= 11 is 0. The molecule has 2 aliphatic rings. The van der Waals surface area contributed by atoms with Gasteiger partial charge in [-0.3, -0.25) is 4.79 Å². The van der Waals surface area contributed by atoms with Gasteiger partial charge < -0.3 is 10.0 Å². The molecule has 0 aromatic rings. The Morgan fingerprint density at radius 3 is 2.33 bits per heavy atom. The zero-order valence-corrected chi connectivity index (χ0v) is 9.65. The van der Waals surface area contributed by atoms with Crippen molar-refractivity contribution in [3.05, 3.63) is 0 Å². The standard InChI is InChI=1S/C12H21NO2/c1-8(9-3-4-9)12(15)13(2)7-11(14)10-5-6-10/h8-11,14H,3-7H2,1-2H3. The highest BCUT2D eigenvalue weighted by Crippen LogP contribution is 2.37. The summed E-state index contributed by atoms with van der Waals surface area (Å²) in [6.07, 6.45) is 4.35. The van der Waals surface area contributed by atoms with Gasteiger partial charge >= 0.3 is 0 Å². The minimum absolute atomic E-state index is 0.154. The molecule has 2 saturated carbocycles. The summed E-state index contributed by atoms with van der Waals surface area (Å²) in [7, 11) is 1.81. The highest BCUT2D eigenvalue weighted by atomic mass is 16.3. The Bertz CT molecular complexity index is 246. The number of rotatable bonds is 5. The predicted octanol–water partition coefficient (Wildman–Crippen LogP) is 1.26. The van der Waals surface area contributed by atoms with Crippen LogP contribution >= 0.6 is 0 Å². The predicted molar refractivity (Wildman–Crippen MR) is 58.3 cm³/mol. The van der Waals surface area contributed by atoms with Crippen molar-refractivity contribution in [2.45, 2.75) is 38.7 Å². The summed E-state index contributed by atoms with van der Waals surface area (Å²) in [5.41, 5.74) is 0. The van der Waals surface area contributed by atoms with Crippen LogP contribution < -0.4 is 0 Å². The van der Waals surface area contributed by atoms with E-state index >= 15 is 0 Å². The van der Waals surface area contributed by atoms with E-state index < -0.39 is 0 Å². The van der Waals surface area contributed by atoms with Crippen LogP contribution in [0.25, 0.3) is 0 Å². The minimum Gasteiger partial charge on any atom is -0.391 e. The number of hydrogen-bond acceptors (Lipinski definition) is 2. The van der Waals surface area contributed by atoms with E-state index in [1.54, 1.807) is 4.90 Å². The molecule has 1 amide bonds. The molecule has 0 aromatic carbocycles. The molecule has 2 fully saturated rings. The molecule has 0 spiro atoms. The lowest BCUT2D eigenvalue weighted by molar-refractivity contribution is -0.135. The van der Waals surface area contributed by atoms with E-state index in [4.69, 9.17) is 0 Å². The van der Waals surface area contributed by atoms with Crippen molar-refractivity contribution in [2.75, 3.05) is 13.6 Å². The van der Waals surface area contributed by atoms with Gasteiger partial charge in [-0.1, -0.05) is 6.92 Å². The number of hydrogen-bond donors (Lipinski definition) is 1. The molecule has 2 unspecified atom stereocenters. The number of carbonyl (C=O) groups is 1. The van der Waals surface area contributed by atoms with Gasteiger partial charge in [-0.2, -0.15) is 0 Å². The van der Waals surface area contributed by atoms with Gasteiger partial charge in [0.1, 0.15) is 0 Å². The SMILES string of the molecule is CC(C(=O)N(C)CC(O)C1CC1)C1CC1. The summed E-state index contributed by atoms with van der Waals surface area (Å²) in [5.74, 6) is 1.42. The van der Waals surface area contributed by atoms with Gasteiger partial charge in [0, 0.05) is 19.5 Å².